The maximum atomic E-state index is 12.4. The van der Waals surface area contributed by atoms with E-state index in [9.17, 15) is 4.79 Å². The zero-order valence-corrected chi connectivity index (χ0v) is 16.0. The second-order valence-corrected chi connectivity index (χ2v) is 7.48. The van der Waals surface area contributed by atoms with Crippen molar-refractivity contribution < 1.29 is 0 Å². The van der Waals surface area contributed by atoms with E-state index < -0.39 is 0 Å². The van der Waals surface area contributed by atoms with Crippen LogP contribution < -0.4 is 16.3 Å². The van der Waals surface area contributed by atoms with Gasteiger partial charge < -0.3 is 15.6 Å². The Hall–Kier alpha value is -2.38. The minimum absolute atomic E-state index is 0.216. The second kappa shape index (κ2) is 7.70. The Morgan fingerprint density at radius 2 is 2.30 bits per heavy atom. The first-order valence-electron chi connectivity index (χ1n) is 9.26. The molecule has 1 saturated heterocycles. The molecule has 1 aromatic carbocycles. The topological polar surface area (TPSA) is 87.6 Å². The molecule has 0 saturated carbocycles. The smallest absolute Gasteiger partial charge is 0.328 e. The van der Waals surface area contributed by atoms with E-state index in [0.29, 0.717) is 34.6 Å². The van der Waals surface area contributed by atoms with Crippen LogP contribution in [-0.2, 0) is 6.54 Å². The second-order valence-electron chi connectivity index (χ2n) is 7.08. The van der Waals surface area contributed by atoms with E-state index in [4.69, 9.17) is 11.6 Å². The molecule has 7 nitrogen and oxygen atoms in total. The van der Waals surface area contributed by atoms with Gasteiger partial charge in [0.1, 0.15) is 5.52 Å². The zero-order valence-electron chi connectivity index (χ0n) is 15.3. The van der Waals surface area contributed by atoms with Crippen molar-refractivity contribution in [3.05, 3.63) is 51.0 Å². The first-order chi connectivity index (χ1) is 13.1. The predicted octanol–water partition coefficient (Wildman–Crippen LogP) is 2.54. The number of aromatic amines is 1. The van der Waals surface area contributed by atoms with E-state index in [0.717, 1.165) is 30.8 Å². The molecule has 1 unspecified atom stereocenters. The summed E-state index contributed by atoms with van der Waals surface area (Å²) in [7, 11) is 0. The molecule has 27 heavy (non-hydrogen) atoms. The van der Waals surface area contributed by atoms with Crippen molar-refractivity contribution in [2.45, 2.75) is 26.3 Å². The molecule has 1 fully saturated rings. The fourth-order valence-corrected chi connectivity index (χ4v) is 3.82. The molecular formula is C19H23ClN6O. The molecule has 1 atom stereocenters. The van der Waals surface area contributed by atoms with E-state index in [1.165, 1.54) is 12.8 Å². The average molecular weight is 387 g/mol. The van der Waals surface area contributed by atoms with Crippen molar-refractivity contribution in [1.82, 2.24) is 24.8 Å². The van der Waals surface area contributed by atoms with Gasteiger partial charge in [-0.1, -0.05) is 23.7 Å². The van der Waals surface area contributed by atoms with Crippen LogP contribution in [0.3, 0.4) is 0 Å². The summed E-state index contributed by atoms with van der Waals surface area (Å²) >= 11 is 6.34. The molecule has 3 N–H and O–H groups in total. The van der Waals surface area contributed by atoms with E-state index in [2.05, 4.69) is 25.6 Å². The quantitative estimate of drug-likeness (QED) is 0.627. The van der Waals surface area contributed by atoms with Crippen molar-refractivity contribution >= 4 is 28.7 Å². The number of aromatic nitrogens is 4. The number of halogens is 1. The summed E-state index contributed by atoms with van der Waals surface area (Å²) in [5, 5.41) is 7.37. The summed E-state index contributed by atoms with van der Waals surface area (Å²) in [6, 6.07) is 5.73. The molecule has 8 heteroatoms. The number of aryl methyl sites for hydroxylation is 1. The van der Waals surface area contributed by atoms with Gasteiger partial charge in [-0.25, -0.2) is 9.78 Å². The largest absolute Gasteiger partial charge is 0.354 e. The molecule has 1 aliphatic heterocycles. The maximum absolute atomic E-state index is 12.4. The number of piperidine rings is 1. The van der Waals surface area contributed by atoms with Gasteiger partial charge in [-0.05, 0) is 56.0 Å². The summed E-state index contributed by atoms with van der Waals surface area (Å²) in [5.41, 5.74) is 2.95. The summed E-state index contributed by atoms with van der Waals surface area (Å²) in [4.78, 5) is 24.2. The zero-order chi connectivity index (χ0) is 18.8. The lowest BCUT2D eigenvalue weighted by atomic mass is 10.00. The van der Waals surface area contributed by atoms with Crippen LogP contribution in [0.5, 0.6) is 0 Å². The number of imidazole rings is 1. The first kappa shape index (κ1) is 18.0. The van der Waals surface area contributed by atoms with Crippen LogP contribution in [0.1, 0.15) is 24.0 Å². The van der Waals surface area contributed by atoms with Crippen LogP contribution in [0.15, 0.2) is 29.2 Å². The number of nitrogens with zero attached hydrogens (tertiary/aromatic N) is 3. The number of hydrogen-bond donors (Lipinski definition) is 3. The Labute approximate surface area is 162 Å². The van der Waals surface area contributed by atoms with Crippen LogP contribution in [-0.4, -0.2) is 39.2 Å². The van der Waals surface area contributed by atoms with Crippen LogP contribution in [0.4, 0.5) is 5.95 Å². The number of H-pyrrole nitrogens is 1. The summed E-state index contributed by atoms with van der Waals surface area (Å²) in [6.07, 6.45) is 4.05. The molecule has 142 valence electrons. The molecule has 0 spiro atoms. The highest BCUT2D eigenvalue weighted by atomic mass is 35.5. The van der Waals surface area contributed by atoms with E-state index in [-0.39, 0.29) is 5.69 Å². The lowest BCUT2D eigenvalue weighted by Gasteiger charge is -2.22. The first-order valence-corrected chi connectivity index (χ1v) is 9.64. The van der Waals surface area contributed by atoms with Crippen molar-refractivity contribution in [3.63, 3.8) is 0 Å². The predicted molar refractivity (Wildman–Crippen MR) is 108 cm³/mol. The molecular weight excluding hydrogens is 364 g/mol. The molecule has 3 heterocycles. The molecule has 4 rings (SSSR count). The number of benzene rings is 1. The average Bonchev–Trinajstić information content (AvgIpc) is 2.98. The van der Waals surface area contributed by atoms with Gasteiger partial charge in [0.15, 0.2) is 5.65 Å². The summed E-state index contributed by atoms with van der Waals surface area (Å²) < 4.78 is 1.61. The van der Waals surface area contributed by atoms with Crippen LogP contribution in [0.2, 0.25) is 5.02 Å². The normalized spacial score (nSPS) is 17.3. The number of anilines is 1. The minimum Gasteiger partial charge on any atom is -0.354 e. The minimum atomic E-state index is -0.216. The molecule has 0 bridgehead atoms. The lowest BCUT2D eigenvalue weighted by molar-refractivity contribution is 0.392. The van der Waals surface area contributed by atoms with Crippen molar-refractivity contribution in [2.24, 2.45) is 5.92 Å². The van der Waals surface area contributed by atoms with E-state index >= 15 is 0 Å². The van der Waals surface area contributed by atoms with Crippen molar-refractivity contribution in [2.75, 3.05) is 25.0 Å². The van der Waals surface area contributed by atoms with Gasteiger partial charge in [0.2, 0.25) is 5.95 Å². The highest BCUT2D eigenvalue weighted by molar-refractivity contribution is 6.31. The third kappa shape index (κ3) is 3.84. The van der Waals surface area contributed by atoms with Gasteiger partial charge >= 0.3 is 5.69 Å². The van der Waals surface area contributed by atoms with Gasteiger partial charge in [-0.2, -0.15) is 4.98 Å². The summed E-state index contributed by atoms with van der Waals surface area (Å²) in [5.74, 6) is 1.11. The molecule has 3 aromatic rings. The Balaban J connectivity index is 1.61. The number of rotatable bonds is 5. The van der Waals surface area contributed by atoms with Crippen LogP contribution >= 0.6 is 11.6 Å². The molecule has 2 aromatic heterocycles. The van der Waals surface area contributed by atoms with Crippen molar-refractivity contribution in [3.8, 4) is 0 Å². The lowest BCUT2D eigenvalue weighted by Crippen LogP contribution is -2.33. The van der Waals surface area contributed by atoms with Crippen LogP contribution in [0.25, 0.3) is 11.2 Å². The molecule has 0 radical (unpaired) electrons. The Kier molecular flexibility index (Phi) is 5.13. The standard InChI is InChI=1S/C19H23ClN6O/c1-12-4-2-6-15(20)14(12)11-26-17-16(24-19(26)27)10-23-18(25-17)22-9-13-5-3-7-21-8-13/h2,4,6,10,13,21H,3,5,7-9,11H2,1H3,(H,24,27)(H,22,23,25). The van der Waals surface area contributed by atoms with Gasteiger partial charge in [0.25, 0.3) is 0 Å². The fourth-order valence-electron chi connectivity index (χ4n) is 3.54. The highest BCUT2D eigenvalue weighted by Gasteiger charge is 2.15. The number of nitrogens with one attached hydrogen (secondary N) is 3. The monoisotopic (exact) mass is 386 g/mol. The van der Waals surface area contributed by atoms with Gasteiger partial charge in [0, 0.05) is 11.6 Å². The molecule has 1 aliphatic rings. The Bertz CT molecular complexity index is 985. The van der Waals surface area contributed by atoms with E-state index in [1.54, 1.807) is 10.8 Å². The van der Waals surface area contributed by atoms with Crippen LogP contribution in [0, 0.1) is 12.8 Å². The SMILES string of the molecule is Cc1cccc(Cl)c1Cn1c(=O)[nH]c2cnc(NCC3CCCNC3)nc21. The fraction of sp³-hybridized carbons (Fsp3) is 0.421. The third-order valence-corrected chi connectivity index (χ3v) is 5.48. The number of fused-ring (bicyclic) bond motifs is 1. The Morgan fingerprint density at radius 3 is 3.07 bits per heavy atom. The molecule has 0 amide bonds. The molecule has 0 aliphatic carbocycles. The van der Waals surface area contributed by atoms with Gasteiger partial charge in [-0.3, -0.25) is 4.57 Å². The van der Waals surface area contributed by atoms with Crippen molar-refractivity contribution in [1.29, 1.82) is 0 Å². The third-order valence-electron chi connectivity index (χ3n) is 5.13. The highest BCUT2D eigenvalue weighted by Crippen LogP contribution is 2.21. The maximum Gasteiger partial charge on any atom is 0.328 e. The van der Waals surface area contributed by atoms with Gasteiger partial charge in [-0.15, -0.1) is 0 Å². The summed E-state index contributed by atoms with van der Waals surface area (Å²) in [6.45, 7) is 5.28. The van der Waals surface area contributed by atoms with E-state index in [1.807, 2.05) is 25.1 Å². The van der Waals surface area contributed by atoms with Gasteiger partial charge in [0.05, 0.1) is 12.7 Å². The number of hydrogen-bond acceptors (Lipinski definition) is 5. The Morgan fingerprint density at radius 1 is 1.41 bits per heavy atom.